The topological polar surface area (TPSA) is 70.2 Å². The van der Waals surface area contributed by atoms with Gasteiger partial charge in [-0.25, -0.2) is 4.79 Å². The third-order valence-corrected chi connectivity index (χ3v) is 3.38. The van der Waals surface area contributed by atoms with Crippen molar-refractivity contribution in [1.82, 2.24) is 16.0 Å². The molecule has 3 N–H and O–H groups in total. The van der Waals surface area contributed by atoms with Gasteiger partial charge in [0.15, 0.2) is 0 Å². The normalized spacial score (nSPS) is 18.3. The van der Waals surface area contributed by atoms with Gasteiger partial charge in [0.05, 0.1) is 6.04 Å². The first kappa shape index (κ1) is 14.0. The molecule has 0 aromatic carbocycles. The summed E-state index contributed by atoms with van der Waals surface area (Å²) in [6.07, 6.45) is 4.89. The highest BCUT2D eigenvalue weighted by Gasteiger charge is 2.41. The smallest absolute Gasteiger partial charge is 0.321 e. The second kappa shape index (κ2) is 6.00. The first-order valence-electron chi connectivity index (χ1n) is 6.29. The zero-order valence-electron chi connectivity index (χ0n) is 10.9. The van der Waals surface area contributed by atoms with Crippen LogP contribution < -0.4 is 16.0 Å². The van der Waals surface area contributed by atoms with Crippen LogP contribution in [-0.2, 0) is 4.79 Å². The predicted octanol–water partition coefficient (Wildman–Crippen LogP) is 1.00. The van der Waals surface area contributed by atoms with Crippen LogP contribution in [0.25, 0.3) is 0 Å². The summed E-state index contributed by atoms with van der Waals surface area (Å²) in [4.78, 5) is 22.5. The van der Waals surface area contributed by atoms with E-state index in [1.54, 1.807) is 6.92 Å². The zero-order valence-corrected chi connectivity index (χ0v) is 10.9. The summed E-state index contributed by atoms with van der Waals surface area (Å²) in [5.74, 6) is -0.281. The maximum Gasteiger partial charge on any atom is 0.321 e. The van der Waals surface area contributed by atoms with Gasteiger partial charge in [-0.3, -0.25) is 10.1 Å². The lowest BCUT2D eigenvalue weighted by atomic mass is 10.0. The summed E-state index contributed by atoms with van der Waals surface area (Å²) in [6.45, 7) is 4.82. The van der Waals surface area contributed by atoms with Crippen LogP contribution in [0.2, 0.25) is 0 Å². The Hall–Kier alpha value is -1.10. The minimum absolute atomic E-state index is 0.281. The molecule has 5 heteroatoms. The Morgan fingerprint density at radius 3 is 2.47 bits per heavy atom. The van der Waals surface area contributed by atoms with Crippen molar-refractivity contribution in [1.29, 1.82) is 0 Å². The molecule has 1 aliphatic rings. The van der Waals surface area contributed by atoms with E-state index in [9.17, 15) is 9.59 Å². The second-order valence-corrected chi connectivity index (χ2v) is 4.92. The number of rotatable bonds is 6. The van der Waals surface area contributed by atoms with Crippen molar-refractivity contribution in [3.63, 3.8) is 0 Å². The molecule has 0 radical (unpaired) electrons. The van der Waals surface area contributed by atoms with Crippen molar-refractivity contribution in [2.45, 2.75) is 45.6 Å². The average molecular weight is 241 g/mol. The number of imide groups is 1. The molecule has 17 heavy (non-hydrogen) atoms. The molecule has 1 atom stereocenters. The molecule has 5 nitrogen and oxygen atoms in total. The number of carbonyl (C=O) groups is 2. The first-order chi connectivity index (χ1) is 8.03. The summed E-state index contributed by atoms with van der Waals surface area (Å²) < 4.78 is 0. The number of hydrogen-bond donors (Lipinski definition) is 3. The second-order valence-electron chi connectivity index (χ2n) is 4.92. The number of urea groups is 1. The van der Waals surface area contributed by atoms with E-state index in [4.69, 9.17) is 0 Å². The fourth-order valence-corrected chi connectivity index (χ4v) is 1.97. The fraction of sp³-hybridized carbons (Fsp3) is 0.833. The Morgan fingerprint density at radius 1 is 1.35 bits per heavy atom. The van der Waals surface area contributed by atoms with Crippen LogP contribution in [0.1, 0.15) is 39.5 Å². The molecule has 1 saturated carbocycles. The van der Waals surface area contributed by atoms with Crippen LogP contribution in [0, 0.1) is 5.41 Å². The van der Waals surface area contributed by atoms with Crippen LogP contribution in [0.5, 0.6) is 0 Å². The van der Waals surface area contributed by atoms with E-state index in [1.165, 1.54) is 32.7 Å². The molecule has 0 spiro atoms. The highest BCUT2D eigenvalue weighted by molar-refractivity contribution is 5.96. The van der Waals surface area contributed by atoms with Crippen LogP contribution in [0.15, 0.2) is 0 Å². The molecule has 1 unspecified atom stereocenters. The highest BCUT2D eigenvalue weighted by Crippen LogP contribution is 2.48. The molecule has 0 bridgehead atoms. The van der Waals surface area contributed by atoms with Gasteiger partial charge < -0.3 is 10.6 Å². The van der Waals surface area contributed by atoms with Gasteiger partial charge in [-0.1, -0.05) is 13.3 Å². The molecule has 0 aromatic heterocycles. The molecule has 0 heterocycles. The van der Waals surface area contributed by atoms with Gasteiger partial charge in [0.1, 0.15) is 0 Å². The van der Waals surface area contributed by atoms with E-state index >= 15 is 0 Å². The minimum atomic E-state index is -0.460. The van der Waals surface area contributed by atoms with Crippen LogP contribution in [0.3, 0.4) is 0 Å². The largest absolute Gasteiger partial charge is 0.341 e. The molecule has 1 rings (SSSR count). The first-order valence-corrected chi connectivity index (χ1v) is 6.29. The molecule has 1 aliphatic carbocycles. The molecule has 3 amide bonds. The average Bonchev–Trinajstić information content (AvgIpc) is 3.06. The molecule has 0 aromatic rings. The van der Waals surface area contributed by atoms with Gasteiger partial charge in [0.25, 0.3) is 0 Å². The maximum absolute atomic E-state index is 11.6. The minimum Gasteiger partial charge on any atom is -0.341 e. The Bertz CT molecular complexity index is 287. The van der Waals surface area contributed by atoms with Gasteiger partial charge >= 0.3 is 6.03 Å². The van der Waals surface area contributed by atoms with Crippen LogP contribution in [-0.4, -0.2) is 31.6 Å². The van der Waals surface area contributed by atoms with Crippen LogP contribution >= 0.6 is 0 Å². The number of carbonyl (C=O) groups excluding carboxylic acids is 2. The Kier molecular flexibility index (Phi) is 4.93. The highest BCUT2D eigenvalue weighted by atomic mass is 16.2. The lowest BCUT2D eigenvalue weighted by Gasteiger charge is -2.18. The van der Waals surface area contributed by atoms with E-state index in [0.717, 1.165) is 6.54 Å². The summed E-state index contributed by atoms with van der Waals surface area (Å²) >= 11 is 0. The third kappa shape index (κ3) is 4.34. The Labute approximate surface area is 103 Å². The van der Waals surface area contributed by atoms with E-state index in [0.29, 0.717) is 5.41 Å². The fourth-order valence-electron chi connectivity index (χ4n) is 1.97. The molecule has 1 fully saturated rings. The van der Waals surface area contributed by atoms with Gasteiger partial charge in [-0.2, -0.15) is 0 Å². The van der Waals surface area contributed by atoms with E-state index < -0.39 is 6.03 Å². The lowest BCUT2D eigenvalue weighted by molar-refractivity contribution is -0.121. The SMILES string of the molecule is CCCC1(CNC(C)C(=O)NC(=O)NC)CC1. The van der Waals surface area contributed by atoms with Gasteiger partial charge in [0.2, 0.25) is 5.91 Å². The maximum atomic E-state index is 11.6. The van der Waals surface area contributed by atoms with Gasteiger partial charge in [-0.05, 0) is 31.6 Å². The lowest BCUT2D eigenvalue weighted by Crippen LogP contribution is -2.48. The molecular weight excluding hydrogens is 218 g/mol. The van der Waals surface area contributed by atoms with Crippen molar-refractivity contribution in [2.24, 2.45) is 5.41 Å². The predicted molar refractivity (Wildman–Crippen MR) is 66.6 cm³/mol. The van der Waals surface area contributed by atoms with Crippen molar-refractivity contribution in [3.05, 3.63) is 0 Å². The molecule has 98 valence electrons. The van der Waals surface area contributed by atoms with Gasteiger partial charge in [0, 0.05) is 13.6 Å². The summed E-state index contributed by atoms with van der Waals surface area (Å²) in [5, 5.41) is 7.83. The van der Waals surface area contributed by atoms with Crippen molar-refractivity contribution in [2.75, 3.05) is 13.6 Å². The van der Waals surface area contributed by atoms with Crippen molar-refractivity contribution >= 4 is 11.9 Å². The molecule has 0 aliphatic heterocycles. The summed E-state index contributed by atoms with van der Waals surface area (Å²) in [7, 11) is 1.49. The van der Waals surface area contributed by atoms with E-state index in [1.807, 2.05) is 0 Å². The standard InChI is InChI=1S/C12H23N3O2/c1-4-5-12(6-7-12)8-14-9(2)10(16)15-11(17)13-3/h9,14H,4-8H2,1-3H3,(H2,13,15,16,17). The van der Waals surface area contributed by atoms with Crippen molar-refractivity contribution in [3.8, 4) is 0 Å². The number of amides is 3. The van der Waals surface area contributed by atoms with E-state index in [2.05, 4.69) is 22.9 Å². The number of hydrogen-bond acceptors (Lipinski definition) is 3. The summed E-state index contributed by atoms with van der Waals surface area (Å²) in [6, 6.07) is -0.792. The quantitative estimate of drug-likeness (QED) is 0.649. The zero-order chi connectivity index (χ0) is 12.9. The third-order valence-electron chi connectivity index (χ3n) is 3.38. The Morgan fingerprint density at radius 2 is 2.00 bits per heavy atom. The number of nitrogens with one attached hydrogen (secondary N) is 3. The summed E-state index contributed by atoms with van der Waals surface area (Å²) in [5.41, 5.74) is 0.413. The monoisotopic (exact) mass is 241 g/mol. The van der Waals surface area contributed by atoms with Crippen LogP contribution in [0.4, 0.5) is 4.79 Å². The van der Waals surface area contributed by atoms with Gasteiger partial charge in [-0.15, -0.1) is 0 Å². The van der Waals surface area contributed by atoms with Crippen molar-refractivity contribution < 1.29 is 9.59 Å². The van der Waals surface area contributed by atoms with E-state index in [-0.39, 0.29) is 11.9 Å². The Balaban J connectivity index is 2.27. The molecule has 0 saturated heterocycles. The molecular formula is C12H23N3O2.